The highest BCUT2D eigenvalue weighted by molar-refractivity contribution is 5.74. The van der Waals surface area contributed by atoms with Crippen molar-refractivity contribution in [1.82, 2.24) is 15.5 Å². The highest BCUT2D eigenvalue weighted by Crippen LogP contribution is 2.47. The van der Waals surface area contributed by atoms with E-state index in [0.717, 1.165) is 32.0 Å². The summed E-state index contributed by atoms with van der Waals surface area (Å²) in [6.07, 6.45) is 6.01. The van der Waals surface area contributed by atoms with Crippen LogP contribution in [0.25, 0.3) is 0 Å². The van der Waals surface area contributed by atoms with Gasteiger partial charge in [-0.25, -0.2) is 4.79 Å². The molecule has 0 unspecified atom stereocenters. The van der Waals surface area contributed by atoms with Gasteiger partial charge in [0.15, 0.2) is 0 Å². The maximum Gasteiger partial charge on any atom is 0.314 e. The van der Waals surface area contributed by atoms with Crippen LogP contribution in [-0.2, 0) is 5.41 Å². The maximum atomic E-state index is 12.0. The lowest BCUT2D eigenvalue weighted by atomic mass is 9.96. The largest absolute Gasteiger partial charge is 0.338 e. The van der Waals surface area contributed by atoms with Gasteiger partial charge < -0.3 is 15.5 Å². The molecule has 4 heteroatoms. The molecular weight excluding hydrogens is 298 g/mol. The zero-order valence-corrected chi connectivity index (χ0v) is 14.9. The first kappa shape index (κ1) is 17.3. The summed E-state index contributed by atoms with van der Waals surface area (Å²) in [5.41, 5.74) is 1.54. The van der Waals surface area contributed by atoms with E-state index in [0.29, 0.717) is 0 Å². The summed E-state index contributed by atoms with van der Waals surface area (Å²) >= 11 is 0. The summed E-state index contributed by atoms with van der Waals surface area (Å²) < 4.78 is 0. The average molecular weight is 329 g/mol. The predicted molar refractivity (Wildman–Crippen MR) is 98.2 cm³/mol. The average Bonchev–Trinajstić information content (AvgIpc) is 3.41. The number of piperidine rings is 1. The molecule has 2 N–H and O–H groups in total. The number of nitrogens with zero attached hydrogens (tertiary/aromatic N) is 1. The topological polar surface area (TPSA) is 44.4 Å². The number of benzene rings is 1. The molecule has 4 nitrogen and oxygen atoms in total. The molecule has 1 saturated carbocycles. The smallest absolute Gasteiger partial charge is 0.314 e. The molecule has 0 aromatic heterocycles. The van der Waals surface area contributed by atoms with Gasteiger partial charge >= 0.3 is 6.03 Å². The summed E-state index contributed by atoms with van der Waals surface area (Å²) in [5, 5.41) is 6.07. The fourth-order valence-corrected chi connectivity index (χ4v) is 3.61. The Bertz CT molecular complexity index is 519. The Kier molecular flexibility index (Phi) is 5.77. The summed E-state index contributed by atoms with van der Waals surface area (Å²) in [6, 6.07) is 10.5. The number of rotatable bonds is 7. The molecule has 2 fully saturated rings. The molecule has 24 heavy (non-hydrogen) atoms. The van der Waals surface area contributed by atoms with Crippen LogP contribution in [0, 0.1) is 5.92 Å². The van der Waals surface area contributed by atoms with Gasteiger partial charge in [0.1, 0.15) is 0 Å². The Balaban J connectivity index is 1.29. The molecule has 0 radical (unpaired) electrons. The Hall–Kier alpha value is -1.55. The number of likely N-dealkylation sites (tertiary alicyclic amines) is 1. The van der Waals surface area contributed by atoms with Crippen molar-refractivity contribution in [2.45, 2.75) is 44.4 Å². The maximum absolute atomic E-state index is 12.0. The minimum absolute atomic E-state index is 0.0236. The van der Waals surface area contributed by atoms with Crippen LogP contribution < -0.4 is 10.6 Å². The highest BCUT2D eigenvalue weighted by Gasteiger charge is 2.44. The minimum Gasteiger partial charge on any atom is -0.338 e. The molecule has 2 aliphatic rings. The van der Waals surface area contributed by atoms with Gasteiger partial charge in [0.2, 0.25) is 0 Å². The molecule has 1 saturated heterocycles. The monoisotopic (exact) mass is 329 g/mol. The molecule has 0 bridgehead atoms. The summed E-state index contributed by atoms with van der Waals surface area (Å²) in [4.78, 5) is 14.5. The standard InChI is InChI=1S/C20H31N3O/c1-17-8-14-23(15-9-17)13-5-12-21-19(24)22-16-20(10-11-20)18-6-3-2-4-7-18/h2-4,6-7,17H,5,8-16H2,1H3,(H2,21,22,24). The molecule has 1 aliphatic heterocycles. The lowest BCUT2D eigenvalue weighted by Crippen LogP contribution is -2.41. The van der Waals surface area contributed by atoms with Gasteiger partial charge in [-0.05, 0) is 63.2 Å². The van der Waals surface area contributed by atoms with E-state index in [1.54, 1.807) is 0 Å². The molecular formula is C20H31N3O. The lowest BCUT2D eigenvalue weighted by Gasteiger charge is -2.30. The van der Waals surface area contributed by atoms with Gasteiger partial charge in [-0.2, -0.15) is 0 Å². The normalized spacial score (nSPS) is 20.5. The van der Waals surface area contributed by atoms with Crippen molar-refractivity contribution in [2.75, 3.05) is 32.7 Å². The Morgan fingerprint density at radius 1 is 1.17 bits per heavy atom. The van der Waals surface area contributed by atoms with Crippen LogP contribution in [0.5, 0.6) is 0 Å². The van der Waals surface area contributed by atoms with Crippen LogP contribution in [0.3, 0.4) is 0 Å². The number of hydrogen-bond donors (Lipinski definition) is 2. The quantitative estimate of drug-likeness (QED) is 0.755. The van der Waals surface area contributed by atoms with E-state index >= 15 is 0 Å². The van der Waals surface area contributed by atoms with Gasteiger partial charge in [0, 0.05) is 18.5 Å². The van der Waals surface area contributed by atoms with Crippen molar-refractivity contribution in [2.24, 2.45) is 5.92 Å². The molecule has 1 aromatic carbocycles. The fourth-order valence-electron chi connectivity index (χ4n) is 3.61. The van der Waals surface area contributed by atoms with Crippen molar-refractivity contribution in [1.29, 1.82) is 0 Å². The summed E-state index contributed by atoms with van der Waals surface area (Å²) in [6.45, 7) is 7.37. The van der Waals surface area contributed by atoms with Gasteiger partial charge in [-0.1, -0.05) is 37.3 Å². The van der Waals surface area contributed by atoms with E-state index in [4.69, 9.17) is 0 Å². The zero-order chi connectivity index (χ0) is 16.8. The number of amides is 2. The second-order valence-electron chi connectivity index (χ2n) is 7.63. The highest BCUT2D eigenvalue weighted by atomic mass is 16.2. The first-order chi connectivity index (χ1) is 11.7. The van der Waals surface area contributed by atoms with E-state index in [1.807, 2.05) is 6.07 Å². The second kappa shape index (κ2) is 8.02. The van der Waals surface area contributed by atoms with Crippen LogP contribution in [0.1, 0.15) is 44.6 Å². The molecule has 132 valence electrons. The third-order valence-electron chi connectivity index (χ3n) is 5.64. The van der Waals surface area contributed by atoms with E-state index in [2.05, 4.69) is 46.7 Å². The first-order valence-electron chi connectivity index (χ1n) is 9.48. The van der Waals surface area contributed by atoms with E-state index in [9.17, 15) is 4.79 Å². The van der Waals surface area contributed by atoms with Crippen molar-refractivity contribution >= 4 is 6.03 Å². The van der Waals surface area contributed by atoms with Crippen LogP contribution in [0.4, 0.5) is 4.79 Å². The number of carbonyl (C=O) groups is 1. The Labute approximate surface area is 146 Å². The van der Waals surface area contributed by atoms with Crippen molar-refractivity contribution < 1.29 is 4.79 Å². The minimum atomic E-state index is -0.0236. The SMILES string of the molecule is CC1CCN(CCCNC(=O)NCC2(c3ccccc3)CC2)CC1. The Morgan fingerprint density at radius 2 is 1.88 bits per heavy atom. The molecule has 1 aromatic rings. The zero-order valence-electron chi connectivity index (χ0n) is 14.9. The van der Waals surface area contributed by atoms with Crippen LogP contribution in [0.2, 0.25) is 0 Å². The van der Waals surface area contributed by atoms with E-state index in [1.165, 1.54) is 44.3 Å². The number of carbonyl (C=O) groups excluding carboxylic acids is 1. The third kappa shape index (κ3) is 4.73. The second-order valence-corrected chi connectivity index (χ2v) is 7.63. The van der Waals surface area contributed by atoms with Gasteiger partial charge in [-0.3, -0.25) is 0 Å². The Morgan fingerprint density at radius 3 is 2.54 bits per heavy atom. The summed E-state index contributed by atoms with van der Waals surface area (Å²) in [7, 11) is 0. The first-order valence-corrected chi connectivity index (χ1v) is 9.48. The number of hydrogen-bond acceptors (Lipinski definition) is 2. The third-order valence-corrected chi connectivity index (χ3v) is 5.64. The van der Waals surface area contributed by atoms with Gasteiger partial charge in [-0.15, -0.1) is 0 Å². The van der Waals surface area contributed by atoms with Crippen molar-refractivity contribution in [3.63, 3.8) is 0 Å². The van der Waals surface area contributed by atoms with Crippen molar-refractivity contribution in [3.05, 3.63) is 35.9 Å². The molecule has 0 atom stereocenters. The predicted octanol–water partition coefficient (Wildman–Crippen LogP) is 3.14. The number of urea groups is 1. The molecule has 2 amide bonds. The molecule has 1 heterocycles. The van der Waals surface area contributed by atoms with Gasteiger partial charge in [0.05, 0.1) is 0 Å². The number of nitrogens with one attached hydrogen (secondary N) is 2. The van der Waals surface area contributed by atoms with Crippen molar-refractivity contribution in [3.8, 4) is 0 Å². The summed E-state index contributed by atoms with van der Waals surface area (Å²) in [5.74, 6) is 0.879. The molecule has 0 spiro atoms. The molecule has 3 rings (SSSR count). The van der Waals surface area contributed by atoms with E-state index < -0.39 is 0 Å². The molecule has 1 aliphatic carbocycles. The van der Waals surface area contributed by atoms with Crippen LogP contribution in [-0.4, -0.2) is 43.7 Å². The van der Waals surface area contributed by atoms with E-state index in [-0.39, 0.29) is 11.4 Å². The van der Waals surface area contributed by atoms with Gasteiger partial charge in [0.25, 0.3) is 0 Å². The fraction of sp³-hybridized carbons (Fsp3) is 0.650. The van der Waals surface area contributed by atoms with Crippen LogP contribution in [0.15, 0.2) is 30.3 Å². The van der Waals surface area contributed by atoms with Crippen LogP contribution >= 0.6 is 0 Å². The lowest BCUT2D eigenvalue weighted by molar-refractivity contribution is 0.190.